The Morgan fingerprint density at radius 1 is 1.22 bits per heavy atom. The number of ether oxygens (including phenoxy) is 1. The van der Waals surface area contributed by atoms with E-state index in [1.807, 2.05) is 6.92 Å². The van der Waals surface area contributed by atoms with Gasteiger partial charge in [0.1, 0.15) is 6.61 Å². The van der Waals surface area contributed by atoms with E-state index in [4.69, 9.17) is 9.29 Å². The molecule has 4 fully saturated rings. The summed E-state index contributed by atoms with van der Waals surface area (Å²) in [5, 5.41) is 6.62. The third-order valence-corrected chi connectivity index (χ3v) is 7.22. The normalized spacial score (nSPS) is 43.1. The molecular weight excluding hydrogens is 330 g/mol. The van der Waals surface area contributed by atoms with Gasteiger partial charge in [0.15, 0.2) is 0 Å². The molecule has 4 aliphatic carbocycles. The predicted octanol–water partition coefficient (Wildman–Crippen LogP) is 2.45. The first-order valence-corrected chi connectivity index (χ1v) is 9.60. The Kier molecular flexibility index (Phi) is 4.07. The lowest BCUT2D eigenvalue weighted by atomic mass is 9.44. The SMILES string of the molecule is CCC1(O)C2CC3CC1CC(COCC(F)(F)S(=O)(=O)O)(C3)C2. The molecule has 0 spiro atoms. The van der Waals surface area contributed by atoms with Gasteiger partial charge in [-0.05, 0) is 61.7 Å². The first kappa shape index (κ1) is 17.5. The molecule has 4 bridgehead atoms. The minimum Gasteiger partial charge on any atom is -0.389 e. The van der Waals surface area contributed by atoms with Gasteiger partial charge in [-0.25, -0.2) is 0 Å². The molecule has 0 aromatic carbocycles. The molecule has 0 aromatic rings. The van der Waals surface area contributed by atoms with Gasteiger partial charge in [-0.2, -0.15) is 17.2 Å². The summed E-state index contributed by atoms with van der Waals surface area (Å²) >= 11 is 0. The van der Waals surface area contributed by atoms with E-state index in [2.05, 4.69) is 0 Å². The number of hydrogen-bond donors (Lipinski definition) is 2. The molecular formula is C15H24F2O5S. The van der Waals surface area contributed by atoms with Crippen LogP contribution in [0.25, 0.3) is 0 Å². The van der Waals surface area contributed by atoms with E-state index in [1.54, 1.807) is 0 Å². The van der Waals surface area contributed by atoms with Crippen molar-refractivity contribution in [2.45, 2.75) is 56.3 Å². The maximum absolute atomic E-state index is 13.3. The van der Waals surface area contributed by atoms with Crippen LogP contribution < -0.4 is 0 Å². The second-order valence-corrected chi connectivity index (χ2v) is 9.34. The van der Waals surface area contributed by atoms with Crippen molar-refractivity contribution in [3.05, 3.63) is 0 Å². The van der Waals surface area contributed by atoms with Crippen LogP contribution >= 0.6 is 0 Å². The fourth-order valence-electron chi connectivity index (χ4n) is 5.45. The molecule has 134 valence electrons. The Balaban J connectivity index is 1.66. The smallest absolute Gasteiger partial charge is 0.389 e. The van der Waals surface area contributed by atoms with E-state index in [-0.39, 0.29) is 23.9 Å². The lowest BCUT2D eigenvalue weighted by Gasteiger charge is -2.63. The Labute approximate surface area is 135 Å². The molecule has 4 rings (SSSR count). The second kappa shape index (κ2) is 5.34. The molecule has 8 heteroatoms. The van der Waals surface area contributed by atoms with Gasteiger partial charge < -0.3 is 9.84 Å². The van der Waals surface area contributed by atoms with E-state index < -0.39 is 27.6 Å². The highest BCUT2D eigenvalue weighted by molar-refractivity contribution is 7.86. The van der Waals surface area contributed by atoms with Gasteiger partial charge in [0.2, 0.25) is 0 Å². The quantitative estimate of drug-likeness (QED) is 0.716. The highest BCUT2D eigenvalue weighted by Crippen LogP contribution is 2.64. The van der Waals surface area contributed by atoms with Crippen LogP contribution in [0.3, 0.4) is 0 Å². The largest absolute Gasteiger partial charge is 0.392 e. The van der Waals surface area contributed by atoms with Crippen LogP contribution in [-0.4, -0.2) is 42.1 Å². The van der Waals surface area contributed by atoms with Crippen LogP contribution in [0.1, 0.15) is 45.4 Å². The van der Waals surface area contributed by atoms with Crippen molar-refractivity contribution in [2.75, 3.05) is 13.2 Å². The molecule has 2 N–H and O–H groups in total. The standard InChI is InChI=1S/C15H24F2O5S/c1-2-14(18)11-3-10-4-12(14)7-13(5-10,6-11)8-22-9-15(16,17)23(19,20)21/h10-12,18H,2-9H2,1H3,(H,19,20,21). The Morgan fingerprint density at radius 2 is 1.78 bits per heavy atom. The fraction of sp³-hybridized carbons (Fsp3) is 1.00. The highest BCUT2D eigenvalue weighted by Gasteiger charge is 2.61. The monoisotopic (exact) mass is 354 g/mol. The Bertz CT molecular complexity index is 560. The van der Waals surface area contributed by atoms with Crippen molar-refractivity contribution < 1.29 is 31.6 Å². The van der Waals surface area contributed by atoms with Crippen molar-refractivity contribution in [2.24, 2.45) is 23.2 Å². The predicted molar refractivity (Wildman–Crippen MR) is 78.5 cm³/mol. The molecule has 0 aromatic heterocycles. The van der Waals surface area contributed by atoms with Crippen molar-refractivity contribution >= 4 is 10.1 Å². The van der Waals surface area contributed by atoms with Crippen LogP contribution in [-0.2, 0) is 14.9 Å². The molecule has 4 aliphatic rings. The summed E-state index contributed by atoms with van der Waals surface area (Å²) < 4.78 is 61.3. The minimum absolute atomic E-state index is 0.0569. The summed E-state index contributed by atoms with van der Waals surface area (Å²) in [6.07, 6.45) is 5.02. The van der Waals surface area contributed by atoms with E-state index in [1.165, 1.54) is 0 Å². The fourth-order valence-corrected chi connectivity index (χ4v) is 5.68. The molecule has 0 amide bonds. The number of alkyl halides is 2. The molecule has 0 saturated heterocycles. The van der Waals surface area contributed by atoms with Gasteiger partial charge in [0.05, 0.1) is 12.2 Å². The van der Waals surface area contributed by atoms with Crippen molar-refractivity contribution in [1.82, 2.24) is 0 Å². The third kappa shape index (κ3) is 2.81. The zero-order valence-electron chi connectivity index (χ0n) is 13.2. The van der Waals surface area contributed by atoms with E-state index in [0.29, 0.717) is 12.3 Å². The topological polar surface area (TPSA) is 83.8 Å². The molecule has 0 aliphatic heterocycles. The van der Waals surface area contributed by atoms with Crippen LogP contribution in [0.5, 0.6) is 0 Å². The average molecular weight is 354 g/mol. The minimum atomic E-state index is -5.45. The summed E-state index contributed by atoms with van der Waals surface area (Å²) in [6, 6.07) is 0. The van der Waals surface area contributed by atoms with Gasteiger partial charge in [0, 0.05) is 0 Å². The van der Waals surface area contributed by atoms with Gasteiger partial charge in [-0.15, -0.1) is 0 Å². The number of hydrogen-bond acceptors (Lipinski definition) is 4. The number of aliphatic hydroxyl groups is 1. The van der Waals surface area contributed by atoms with Gasteiger partial charge in [-0.3, -0.25) is 4.55 Å². The zero-order chi connectivity index (χ0) is 17.1. The van der Waals surface area contributed by atoms with Gasteiger partial charge in [-0.1, -0.05) is 6.92 Å². The van der Waals surface area contributed by atoms with Crippen LogP contribution in [0.4, 0.5) is 8.78 Å². The molecule has 23 heavy (non-hydrogen) atoms. The van der Waals surface area contributed by atoms with E-state index >= 15 is 0 Å². The summed E-state index contributed by atoms with van der Waals surface area (Å²) in [7, 11) is -5.45. The summed E-state index contributed by atoms with van der Waals surface area (Å²) in [5.41, 5.74) is -0.897. The average Bonchev–Trinajstić information content (AvgIpc) is 2.42. The maximum atomic E-state index is 13.3. The van der Waals surface area contributed by atoms with Crippen molar-refractivity contribution in [3.63, 3.8) is 0 Å². The first-order valence-electron chi connectivity index (χ1n) is 8.16. The maximum Gasteiger partial charge on any atom is 0.392 e. The van der Waals surface area contributed by atoms with Crippen LogP contribution in [0.15, 0.2) is 0 Å². The molecule has 2 atom stereocenters. The lowest BCUT2D eigenvalue weighted by Crippen LogP contribution is -2.61. The van der Waals surface area contributed by atoms with E-state index in [0.717, 1.165) is 32.1 Å². The second-order valence-electron chi connectivity index (χ2n) is 7.79. The summed E-state index contributed by atoms with van der Waals surface area (Å²) in [5.74, 6) is 0.832. The third-order valence-electron chi connectivity index (χ3n) is 6.35. The van der Waals surface area contributed by atoms with E-state index in [9.17, 15) is 22.3 Å². The molecule has 0 heterocycles. The Morgan fingerprint density at radius 3 is 2.26 bits per heavy atom. The zero-order valence-corrected chi connectivity index (χ0v) is 14.0. The van der Waals surface area contributed by atoms with Crippen molar-refractivity contribution in [3.8, 4) is 0 Å². The first-order chi connectivity index (χ1) is 10.5. The molecule has 0 radical (unpaired) electrons. The summed E-state index contributed by atoms with van der Waals surface area (Å²) in [6.45, 7) is 0.713. The Hall–Kier alpha value is -0.310. The molecule has 4 saturated carbocycles. The highest BCUT2D eigenvalue weighted by atomic mass is 32.2. The molecule has 5 nitrogen and oxygen atoms in total. The number of halogens is 2. The number of rotatable bonds is 6. The summed E-state index contributed by atoms with van der Waals surface area (Å²) in [4.78, 5) is 0. The van der Waals surface area contributed by atoms with Crippen molar-refractivity contribution in [1.29, 1.82) is 0 Å². The lowest BCUT2D eigenvalue weighted by molar-refractivity contribution is -0.216. The van der Waals surface area contributed by atoms with Gasteiger partial charge in [0.25, 0.3) is 0 Å². The van der Waals surface area contributed by atoms with Gasteiger partial charge >= 0.3 is 15.4 Å². The molecule has 2 unspecified atom stereocenters. The van der Waals surface area contributed by atoms with Crippen LogP contribution in [0, 0.1) is 23.2 Å². The van der Waals surface area contributed by atoms with Crippen LogP contribution in [0.2, 0.25) is 0 Å².